The van der Waals surface area contributed by atoms with Crippen molar-refractivity contribution in [2.45, 2.75) is 32.6 Å². The van der Waals surface area contributed by atoms with Gasteiger partial charge in [-0.15, -0.1) is 4.31 Å². The van der Waals surface area contributed by atoms with Crippen LogP contribution in [0.4, 0.5) is 10.6 Å². The number of pyridine rings is 1. The van der Waals surface area contributed by atoms with Gasteiger partial charge in [-0.3, -0.25) is 9.78 Å². The van der Waals surface area contributed by atoms with Gasteiger partial charge in [0.15, 0.2) is 5.78 Å². The first-order valence-corrected chi connectivity index (χ1v) is 12.2. The van der Waals surface area contributed by atoms with Crippen LogP contribution in [0.15, 0.2) is 53.7 Å². The Morgan fingerprint density at radius 1 is 1.09 bits per heavy atom. The number of aromatic nitrogens is 3. The molecule has 0 saturated carbocycles. The summed E-state index contributed by atoms with van der Waals surface area (Å²) < 4.78 is 38.8. The quantitative estimate of drug-likeness (QED) is 0.422. The Hall–Kier alpha value is -3.86. The van der Waals surface area contributed by atoms with Crippen LogP contribution in [0.2, 0.25) is 0 Å². The second-order valence-corrected chi connectivity index (χ2v) is 9.82. The first-order valence-electron chi connectivity index (χ1n) is 10.7. The van der Waals surface area contributed by atoms with E-state index in [0.29, 0.717) is 21.1 Å². The summed E-state index contributed by atoms with van der Waals surface area (Å²) in [7, 11) is -3.31. The van der Waals surface area contributed by atoms with Crippen LogP contribution in [0.25, 0.3) is 11.3 Å². The number of methoxy groups -OCH3 is 1. The maximum Gasteiger partial charge on any atom is 0.430 e. The lowest BCUT2D eigenvalue weighted by atomic mass is 10.1. The van der Waals surface area contributed by atoms with Gasteiger partial charge in [0.1, 0.15) is 4.90 Å². The van der Waals surface area contributed by atoms with E-state index in [0.717, 1.165) is 0 Å². The summed E-state index contributed by atoms with van der Waals surface area (Å²) in [6, 6.07) is 9.10. The highest BCUT2D eigenvalue weighted by molar-refractivity contribution is 7.93. The van der Waals surface area contributed by atoms with Gasteiger partial charge in [0.2, 0.25) is 5.82 Å². The normalized spacial score (nSPS) is 11.3. The number of nitrogens with zero attached hydrogens (tertiary/aromatic N) is 4. The molecule has 0 aliphatic rings. The number of rotatable bonds is 8. The van der Waals surface area contributed by atoms with Crippen LogP contribution in [-0.4, -0.2) is 49.0 Å². The van der Waals surface area contributed by atoms with Gasteiger partial charge >= 0.3 is 6.09 Å². The zero-order valence-electron chi connectivity index (χ0n) is 20.0. The molecule has 2 aromatic heterocycles. The minimum atomic E-state index is -4.61. The van der Waals surface area contributed by atoms with E-state index in [1.54, 1.807) is 31.2 Å². The summed E-state index contributed by atoms with van der Waals surface area (Å²) in [5.74, 6) is -0.669. The van der Waals surface area contributed by atoms with Crippen molar-refractivity contribution in [2.24, 2.45) is 5.92 Å². The first kappa shape index (κ1) is 25.8. The van der Waals surface area contributed by atoms with E-state index >= 15 is 0 Å². The Labute approximate surface area is 204 Å². The molecule has 0 fully saturated rings. The molecule has 0 atom stereocenters. The lowest BCUT2D eigenvalue weighted by Gasteiger charge is -2.23. The monoisotopic (exact) mass is 498 g/mol. The number of aryl methyl sites for hydroxylation is 1. The van der Waals surface area contributed by atoms with Gasteiger partial charge < -0.3 is 9.47 Å². The Kier molecular flexibility index (Phi) is 7.80. The minimum absolute atomic E-state index is 0.0150. The number of hydrogen-bond donors (Lipinski definition) is 0. The van der Waals surface area contributed by atoms with Gasteiger partial charge in [0.25, 0.3) is 15.9 Å². The van der Waals surface area contributed by atoms with Gasteiger partial charge in [-0.05, 0) is 31.9 Å². The van der Waals surface area contributed by atoms with Crippen LogP contribution in [0.3, 0.4) is 0 Å². The largest absolute Gasteiger partial charge is 0.478 e. The number of hydrogen-bond acceptors (Lipinski definition) is 9. The third-order valence-electron chi connectivity index (χ3n) is 4.79. The molecule has 0 saturated heterocycles. The first-order chi connectivity index (χ1) is 16.6. The van der Waals surface area contributed by atoms with Crippen molar-refractivity contribution in [2.75, 3.05) is 18.0 Å². The van der Waals surface area contributed by atoms with Crippen LogP contribution in [0.1, 0.15) is 36.8 Å². The molecule has 1 aromatic carbocycles. The summed E-state index contributed by atoms with van der Waals surface area (Å²) in [6.07, 6.45) is 1.60. The average molecular weight is 499 g/mol. The molecule has 0 unspecified atom stereocenters. The highest BCUT2D eigenvalue weighted by atomic mass is 32.2. The third kappa shape index (κ3) is 5.62. The lowest BCUT2D eigenvalue weighted by molar-refractivity contribution is 0.101. The fourth-order valence-electron chi connectivity index (χ4n) is 3.10. The summed E-state index contributed by atoms with van der Waals surface area (Å²) in [5, 5.41) is 0. The predicted octanol–water partition coefficient (Wildman–Crippen LogP) is 4.05. The maximum atomic E-state index is 13.9. The number of sulfonamides is 1. The molecule has 0 spiro atoms. The predicted molar refractivity (Wildman–Crippen MR) is 129 cm³/mol. The second-order valence-electron chi connectivity index (χ2n) is 8.07. The van der Waals surface area contributed by atoms with E-state index in [1.165, 1.54) is 38.6 Å². The molecular formula is C24H26N4O6S. The molecule has 2 heterocycles. The van der Waals surface area contributed by atoms with Crippen LogP contribution < -0.4 is 9.04 Å². The van der Waals surface area contributed by atoms with Crippen molar-refractivity contribution in [3.05, 3.63) is 60.0 Å². The Balaban J connectivity index is 2.19. The van der Waals surface area contributed by atoms with Crippen molar-refractivity contribution in [3.8, 4) is 17.1 Å². The van der Waals surface area contributed by atoms with Crippen molar-refractivity contribution in [1.29, 1.82) is 0 Å². The highest BCUT2D eigenvalue weighted by Gasteiger charge is 2.38. The molecule has 0 aliphatic heterocycles. The number of carbonyl (C=O) groups is 2. The number of benzene rings is 1. The molecule has 0 N–H and O–H groups in total. The SMILES string of the molecule is COc1nc(C)cnc1N(C(=O)OCC(C)C)S(=O)(=O)c1cccnc1-c1ccc(C(C)=O)cc1. The van der Waals surface area contributed by atoms with Crippen molar-refractivity contribution < 1.29 is 27.5 Å². The number of ether oxygens (including phenoxy) is 2. The molecule has 35 heavy (non-hydrogen) atoms. The molecule has 3 rings (SSSR count). The smallest absolute Gasteiger partial charge is 0.430 e. The van der Waals surface area contributed by atoms with Crippen LogP contribution in [0, 0.1) is 12.8 Å². The molecule has 1 amide bonds. The van der Waals surface area contributed by atoms with Gasteiger partial charge in [-0.25, -0.2) is 23.2 Å². The second kappa shape index (κ2) is 10.6. The zero-order valence-corrected chi connectivity index (χ0v) is 20.9. The molecule has 0 radical (unpaired) electrons. The van der Waals surface area contributed by atoms with E-state index in [2.05, 4.69) is 15.0 Å². The highest BCUT2D eigenvalue weighted by Crippen LogP contribution is 2.33. The van der Waals surface area contributed by atoms with Crippen LogP contribution in [0.5, 0.6) is 5.88 Å². The van der Waals surface area contributed by atoms with Gasteiger partial charge in [-0.1, -0.05) is 38.1 Å². The summed E-state index contributed by atoms with van der Waals surface area (Å²) in [5.41, 5.74) is 1.45. The van der Waals surface area contributed by atoms with Gasteiger partial charge in [-0.2, -0.15) is 0 Å². The van der Waals surface area contributed by atoms with Crippen molar-refractivity contribution in [1.82, 2.24) is 15.0 Å². The zero-order chi connectivity index (χ0) is 25.8. The molecule has 0 aliphatic carbocycles. The van der Waals surface area contributed by atoms with Crippen LogP contribution in [-0.2, 0) is 14.8 Å². The molecule has 184 valence electrons. The Bertz CT molecular complexity index is 1340. The Morgan fingerprint density at radius 3 is 2.37 bits per heavy atom. The number of anilines is 1. The molecular weight excluding hydrogens is 472 g/mol. The van der Waals surface area contributed by atoms with Crippen molar-refractivity contribution >= 4 is 27.7 Å². The molecule has 0 bridgehead atoms. The van der Waals surface area contributed by atoms with E-state index < -0.39 is 16.1 Å². The summed E-state index contributed by atoms with van der Waals surface area (Å²) in [4.78, 5) is 37.0. The van der Waals surface area contributed by atoms with Crippen molar-refractivity contribution in [3.63, 3.8) is 0 Å². The fourth-order valence-corrected chi connectivity index (χ4v) is 4.56. The minimum Gasteiger partial charge on any atom is -0.478 e. The Morgan fingerprint density at radius 2 is 1.77 bits per heavy atom. The number of carbonyl (C=O) groups excluding carboxylic acids is 2. The fraction of sp³-hybridized carbons (Fsp3) is 0.292. The summed E-state index contributed by atoms with van der Waals surface area (Å²) in [6.45, 7) is 6.71. The van der Waals surface area contributed by atoms with E-state index in [9.17, 15) is 18.0 Å². The topological polar surface area (TPSA) is 129 Å². The third-order valence-corrected chi connectivity index (χ3v) is 6.48. The summed E-state index contributed by atoms with van der Waals surface area (Å²) >= 11 is 0. The average Bonchev–Trinajstić information content (AvgIpc) is 2.83. The van der Waals surface area contributed by atoms with E-state index in [-0.39, 0.29) is 40.6 Å². The molecule has 11 heteroatoms. The number of ketones is 1. The maximum absolute atomic E-state index is 13.9. The van der Waals surface area contributed by atoms with E-state index in [1.807, 2.05) is 13.8 Å². The molecule has 3 aromatic rings. The van der Waals surface area contributed by atoms with Gasteiger partial charge in [0.05, 0.1) is 31.3 Å². The number of amides is 1. The van der Waals surface area contributed by atoms with Gasteiger partial charge in [0, 0.05) is 17.3 Å². The van der Waals surface area contributed by atoms with E-state index in [4.69, 9.17) is 9.47 Å². The molecule has 10 nitrogen and oxygen atoms in total. The lowest BCUT2D eigenvalue weighted by Crippen LogP contribution is -2.39. The van der Waals surface area contributed by atoms with Crippen LogP contribution >= 0.6 is 0 Å². The standard InChI is InChI=1S/C24H26N4O6S/c1-15(2)14-34-24(30)28(22-23(33-5)27-16(3)13-26-22)35(31,32)20-7-6-12-25-21(20)19-10-8-18(9-11-19)17(4)29/h6-13,15H,14H2,1-5H3. The number of Topliss-reactive ketones (excluding diaryl/α,β-unsaturated/α-hetero) is 1.